The first-order valence-corrected chi connectivity index (χ1v) is 26.7. The molecule has 60 heavy (non-hydrogen) atoms. The first-order chi connectivity index (χ1) is 29.2. The fourth-order valence-corrected chi connectivity index (χ4v) is 8.17. The number of ether oxygens (including phenoxy) is 3. The van der Waals surface area contributed by atoms with Crippen LogP contribution in [0.15, 0.2) is 0 Å². The van der Waals surface area contributed by atoms with E-state index in [2.05, 4.69) is 34.6 Å². The number of esters is 3. The molecule has 0 amide bonds. The van der Waals surface area contributed by atoms with Gasteiger partial charge in [-0.15, -0.1) is 0 Å². The van der Waals surface area contributed by atoms with Crippen molar-refractivity contribution in [1.29, 1.82) is 0 Å². The summed E-state index contributed by atoms with van der Waals surface area (Å²) in [6, 6.07) is 0. The second-order valence-corrected chi connectivity index (χ2v) is 19.5. The lowest BCUT2D eigenvalue weighted by molar-refractivity contribution is -0.167. The molecule has 1 atom stereocenters. The zero-order valence-electron chi connectivity index (χ0n) is 41.1. The average molecular weight is 849 g/mol. The Kier molecular flexibility index (Phi) is 45.7. The van der Waals surface area contributed by atoms with E-state index in [1.54, 1.807) is 0 Å². The summed E-state index contributed by atoms with van der Waals surface area (Å²) in [7, 11) is 0. The summed E-state index contributed by atoms with van der Waals surface area (Å²) in [5, 5.41) is 0. The lowest BCUT2D eigenvalue weighted by Gasteiger charge is -2.18. The Morgan fingerprint density at radius 3 is 0.817 bits per heavy atom. The third kappa shape index (κ3) is 47.5. The highest BCUT2D eigenvalue weighted by Gasteiger charge is 2.19. The predicted molar refractivity (Wildman–Crippen MR) is 256 cm³/mol. The molecule has 0 fully saturated rings. The predicted octanol–water partition coefficient (Wildman–Crippen LogP) is 17.3. The van der Waals surface area contributed by atoms with Crippen LogP contribution in [0.1, 0.15) is 298 Å². The van der Waals surface area contributed by atoms with Crippen LogP contribution in [0.25, 0.3) is 0 Å². The Balaban J connectivity index is 4.25. The molecule has 0 saturated carbocycles. The Morgan fingerprint density at radius 1 is 0.317 bits per heavy atom. The zero-order valence-corrected chi connectivity index (χ0v) is 41.1. The van der Waals surface area contributed by atoms with Crippen molar-refractivity contribution >= 4 is 17.9 Å². The Morgan fingerprint density at radius 2 is 0.550 bits per heavy atom. The van der Waals surface area contributed by atoms with E-state index in [4.69, 9.17) is 14.2 Å². The van der Waals surface area contributed by atoms with Crippen LogP contribution in [-0.2, 0) is 28.6 Å². The topological polar surface area (TPSA) is 78.9 Å². The third-order valence-electron chi connectivity index (χ3n) is 12.2. The fourth-order valence-electron chi connectivity index (χ4n) is 8.17. The van der Waals surface area contributed by atoms with Crippen molar-refractivity contribution in [1.82, 2.24) is 0 Å². The molecule has 0 aromatic carbocycles. The van der Waals surface area contributed by atoms with Gasteiger partial charge in [-0.1, -0.05) is 259 Å². The summed E-state index contributed by atoms with van der Waals surface area (Å²) < 4.78 is 16.8. The quantitative estimate of drug-likeness (QED) is 0.0345. The summed E-state index contributed by atoms with van der Waals surface area (Å²) >= 11 is 0. The Bertz CT molecular complexity index is 916. The van der Waals surface area contributed by atoms with Crippen molar-refractivity contribution in [3.63, 3.8) is 0 Å². The van der Waals surface area contributed by atoms with Crippen LogP contribution in [0.3, 0.4) is 0 Å². The van der Waals surface area contributed by atoms with Crippen LogP contribution in [-0.4, -0.2) is 37.2 Å². The van der Waals surface area contributed by atoms with Gasteiger partial charge in [0.05, 0.1) is 0 Å². The van der Waals surface area contributed by atoms with Gasteiger partial charge in [0.15, 0.2) is 6.10 Å². The van der Waals surface area contributed by atoms with Crippen LogP contribution in [0.5, 0.6) is 0 Å². The molecule has 0 rings (SSSR count). The standard InChI is InChI=1S/C54H104O6/c1-6-7-8-9-10-11-12-13-14-15-16-19-23-26-29-36-41-46-54(57)60-51(48-59-53(56)45-40-35-31-30-33-38-43-50(4)5)47-58-52(55)44-39-34-28-25-22-20-17-18-21-24-27-32-37-42-49(2)3/h49-51H,6-48H2,1-5H3/t51-/m0/s1. The lowest BCUT2D eigenvalue weighted by atomic mass is 10.0. The lowest BCUT2D eigenvalue weighted by Crippen LogP contribution is -2.30. The van der Waals surface area contributed by atoms with Gasteiger partial charge >= 0.3 is 17.9 Å². The largest absolute Gasteiger partial charge is 0.462 e. The smallest absolute Gasteiger partial charge is 0.306 e. The molecule has 0 saturated heterocycles. The van der Waals surface area contributed by atoms with E-state index in [1.807, 2.05) is 0 Å². The third-order valence-corrected chi connectivity index (χ3v) is 12.2. The molecule has 356 valence electrons. The molecule has 0 bridgehead atoms. The van der Waals surface area contributed by atoms with Crippen LogP contribution in [0, 0.1) is 11.8 Å². The molecule has 0 unspecified atom stereocenters. The highest BCUT2D eigenvalue weighted by molar-refractivity contribution is 5.71. The maximum atomic E-state index is 12.8. The second-order valence-electron chi connectivity index (χ2n) is 19.5. The van der Waals surface area contributed by atoms with E-state index in [0.29, 0.717) is 19.3 Å². The monoisotopic (exact) mass is 849 g/mol. The number of carbonyl (C=O) groups is 3. The molecule has 6 nitrogen and oxygen atoms in total. The minimum Gasteiger partial charge on any atom is -0.462 e. The van der Waals surface area contributed by atoms with E-state index in [9.17, 15) is 14.4 Å². The molecule has 0 aliphatic rings. The van der Waals surface area contributed by atoms with E-state index in [0.717, 1.165) is 69.6 Å². The van der Waals surface area contributed by atoms with Crippen LogP contribution >= 0.6 is 0 Å². The number of rotatable bonds is 48. The minimum absolute atomic E-state index is 0.0643. The number of hydrogen-bond donors (Lipinski definition) is 0. The number of carbonyl (C=O) groups excluding carboxylic acids is 3. The van der Waals surface area contributed by atoms with Crippen molar-refractivity contribution < 1.29 is 28.6 Å². The van der Waals surface area contributed by atoms with Gasteiger partial charge < -0.3 is 14.2 Å². The molecule has 0 aromatic heterocycles. The SMILES string of the molecule is CCCCCCCCCCCCCCCCCCCC(=O)O[C@@H](COC(=O)CCCCCCCCCCCCCCCC(C)C)COC(=O)CCCCCCCCC(C)C. The van der Waals surface area contributed by atoms with E-state index in [1.165, 1.54) is 186 Å². The van der Waals surface area contributed by atoms with Gasteiger partial charge in [-0.2, -0.15) is 0 Å². The molecule has 0 aromatic rings. The Labute approximate surface area is 374 Å². The molecule has 0 N–H and O–H groups in total. The normalized spacial score (nSPS) is 12.1. The van der Waals surface area contributed by atoms with E-state index in [-0.39, 0.29) is 31.1 Å². The van der Waals surface area contributed by atoms with Gasteiger partial charge in [0, 0.05) is 19.3 Å². The van der Waals surface area contributed by atoms with Crippen molar-refractivity contribution in [2.45, 2.75) is 304 Å². The van der Waals surface area contributed by atoms with Gasteiger partial charge in [0.25, 0.3) is 0 Å². The summed E-state index contributed by atoms with van der Waals surface area (Å²) in [6.07, 6.45) is 48.2. The van der Waals surface area contributed by atoms with Gasteiger partial charge in [-0.3, -0.25) is 14.4 Å². The van der Waals surface area contributed by atoms with E-state index >= 15 is 0 Å². The van der Waals surface area contributed by atoms with Crippen LogP contribution in [0.2, 0.25) is 0 Å². The number of hydrogen-bond acceptors (Lipinski definition) is 6. The van der Waals surface area contributed by atoms with E-state index < -0.39 is 6.10 Å². The maximum absolute atomic E-state index is 12.8. The van der Waals surface area contributed by atoms with Gasteiger partial charge in [0.1, 0.15) is 13.2 Å². The summed E-state index contributed by atoms with van der Waals surface area (Å²) in [5.74, 6) is 0.752. The molecular weight excluding hydrogens is 745 g/mol. The van der Waals surface area contributed by atoms with Gasteiger partial charge in [-0.25, -0.2) is 0 Å². The zero-order chi connectivity index (χ0) is 44.0. The first-order valence-electron chi connectivity index (χ1n) is 26.7. The highest BCUT2D eigenvalue weighted by Crippen LogP contribution is 2.18. The molecular formula is C54H104O6. The molecule has 0 radical (unpaired) electrons. The maximum Gasteiger partial charge on any atom is 0.306 e. The van der Waals surface area contributed by atoms with Crippen molar-refractivity contribution in [3.05, 3.63) is 0 Å². The highest BCUT2D eigenvalue weighted by atomic mass is 16.6. The van der Waals surface area contributed by atoms with Crippen LogP contribution in [0.4, 0.5) is 0 Å². The van der Waals surface area contributed by atoms with Gasteiger partial charge in [-0.05, 0) is 31.1 Å². The summed E-state index contributed by atoms with van der Waals surface area (Å²) in [4.78, 5) is 37.9. The molecule has 0 heterocycles. The van der Waals surface area contributed by atoms with Crippen molar-refractivity contribution in [2.75, 3.05) is 13.2 Å². The minimum atomic E-state index is -0.762. The van der Waals surface area contributed by atoms with Crippen molar-refractivity contribution in [3.8, 4) is 0 Å². The Hall–Kier alpha value is -1.59. The molecule has 6 heteroatoms. The molecule has 0 aliphatic heterocycles. The summed E-state index contributed by atoms with van der Waals surface area (Å²) in [6.45, 7) is 11.3. The van der Waals surface area contributed by atoms with Crippen LogP contribution < -0.4 is 0 Å². The van der Waals surface area contributed by atoms with Gasteiger partial charge in [0.2, 0.25) is 0 Å². The first kappa shape index (κ1) is 58.4. The van der Waals surface area contributed by atoms with Crippen molar-refractivity contribution in [2.24, 2.45) is 11.8 Å². The fraction of sp³-hybridized carbons (Fsp3) is 0.944. The second kappa shape index (κ2) is 46.9. The average Bonchev–Trinajstić information content (AvgIpc) is 3.22. The number of unbranched alkanes of at least 4 members (excludes halogenated alkanes) is 33. The molecule has 0 aliphatic carbocycles. The summed E-state index contributed by atoms with van der Waals surface area (Å²) in [5.41, 5.74) is 0. The molecule has 0 spiro atoms.